The first kappa shape index (κ1) is 16.3. The zero-order chi connectivity index (χ0) is 16.2. The van der Waals surface area contributed by atoms with Gasteiger partial charge in [-0.25, -0.2) is 9.18 Å². The highest BCUT2D eigenvalue weighted by molar-refractivity contribution is 5.84. The molecule has 1 aromatic carbocycles. The maximum absolute atomic E-state index is 12.9. The Morgan fingerprint density at radius 3 is 2.64 bits per heavy atom. The fraction of sp³-hybridized carbons (Fsp3) is 0.500. The monoisotopic (exact) mass is 307 g/mol. The summed E-state index contributed by atoms with van der Waals surface area (Å²) in [4.78, 5) is 25.9. The third-order valence-electron chi connectivity index (χ3n) is 4.11. The number of amides is 3. The van der Waals surface area contributed by atoms with Crippen LogP contribution in [-0.2, 0) is 11.3 Å². The molecule has 3 amide bonds. The van der Waals surface area contributed by atoms with Crippen LogP contribution in [0.5, 0.6) is 0 Å². The van der Waals surface area contributed by atoms with E-state index in [1.807, 2.05) is 6.92 Å². The molecule has 1 unspecified atom stereocenters. The predicted octanol–water partition coefficient (Wildman–Crippen LogP) is 1.88. The molecular formula is C16H22FN3O2. The minimum atomic E-state index is -0.592. The molecule has 0 saturated carbocycles. The molecular weight excluding hydrogens is 285 g/mol. The lowest BCUT2D eigenvalue weighted by Crippen LogP contribution is -2.53. The highest BCUT2D eigenvalue weighted by Gasteiger charge is 2.38. The van der Waals surface area contributed by atoms with E-state index in [1.165, 1.54) is 12.1 Å². The third-order valence-corrected chi connectivity index (χ3v) is 4.11. The van der Waals surface area contributed by atoms with Crippen molar-refractivity contribution >= 4 is 11.9 Å². The van der Waals surface area contributed by atoms with Crippen molar-refractivity contribution in [2.75, 3.05) is 20.1 Å². The molecule has 1 heterocycles. The second-order valence-corrected chi connectivity index (χ2v) is 5.95. The highest BCUT2D eigenvalue weighted by Crippen LogP contribution is 2.29. The topological polar surface area (TPSA) is 61.4 Å². The normalized spacial score (nSPS) is 21.3. The van der Waals surface area contributed by atoms with Crippen LogP contribution in [0.4, 0.5) is 9.18 Å². The van der Waals surface area contributed by atoms with E-state index in [4.69, 9.17) is 0 Å². The Morgan fingerprint density at radius 2 is 2.00 bits per heavy atom. The maximum atomic E-state index is 12.9. The number of urea groups is 1. The highest BCUT2D eigenvalue weighted by atomic mass is 19.1. The van der Waals surface area contributed by atoms with Gasteiger partial charge in [0.1, 0.15) is 5.82 Å². The van der Waals surface area contributed by atoms with Crippen molar-refractivity contribution in [3.63, 3.8) is 0 Å². The summed E-state index contributed by atoms with van der Waals surface area (Å²) in [5.41, 5.74) is 0.252. The van der Waals surface area contributed by atoms with E-state index in [1.54, 1.807) is 24.1 Å². The van der Waals surface area contributed by atoms with Crippen LogP contribution < -0.4 is 10.6 Å². The molecule has 1 aliphatic rings. The van der Waals surface area contributed by atoms with Crippen molar-refractivity contribution in [2.45, 2.75) is 26.3 Å². The van der Waals surface area contributed by atoms with Crippen molar-refractivity contribution in [1.82, 2.24) is 15.5 Å². The number of rotatable bonds is 3. The van der Waals surface area contributed by atoms with Crippen molar-refractivity contribution < 1.29 is 14.0 Å². The predicted molar refractivity (Wildman–Crippen MR) is 81.6 cm³/mol. The van der Waals surface area contributed by atoms with Gasteiger partial charge in [-0.1, -0.05) is 12.1 Å². The van der Waals surface area contributed by atoms with Crippen LogP contribution in [0, 0.1) is 11.2 Å². The summed E-state index contributed by atoms with van der Waals surface area (Å²) in [5.74, 6) is -0.374. The molecule has 1 saturated heterocycles. The maximum Gasteiger partial charge on any atom is 0.317 e. The van der Waals surface area contributed by atoms with E-state index >= 15 is 0 Å². The SMILES string of the molecule is CNC(=O)N1CCCC(C)(C(=O)NCc2ccc(F)cc2)C1. The molecule has 5 nitrogen and oxygen atoms in total. The van der Waals surface area contributed by atoms with E-state index in [9.17, 15) is 14.0 Å². The van der Waals surface area contributed by atoms with Gasteiger partial charge >= 0.3 is 6.03 Å². The molecule has 0 aromatic heterocycles. The largest absolute Gasteiger partial charge is 0.351 e. The average Bonchev–Trinajstić information content (AvgIpc) is 2.53. The van der Waals surface area contributed by atoms with Gasteiger partial charge < -0.3 is 15.5 Å². The van der Waals surface area contributed by atoms with E-state index in [0.29, 0.717) is 19.6 Å². The van der Waals surface area contributed by atoms with E-state index < -0.39 is 5.41 Å². The number of hydrogen-bond acceptors (Lipinski definition) is 2. The number of piperidine rings is 1. The lowest BCUT2D eigenvalue weighted by Gasteiger charge is -2.39. The second kappa shape index (κ2) is 6.77. The van der Waals surface area contributed by atoms with Gasteiger partial charge in [0, 0.05) is 26.7 Å². The summed E-state index contributed by atoms with van der Waals surface area (Å²) in [6.45, 7) is 3.30. The first-order valence-electron chi connectivity index (χ1n) is 7.44. The lowest BCUT2D eigenvalue weighted by atomic mass is 9.81. The number of carbonyl (C=O) groups excluding carboxylic acids is 2. The molecule has 120 valence electrons. The molecule has 2 rings (SSSR count). The number of nitrogens with zero attached hydrogens (tertiary/aromatic N) is 1. The molecule has 1 aliphatic heterocycles. The van der Waals surface area contributed by atoms with E-state index in [-0.39, 0.29) is 17.8 Å². The number of halogens is 1. The molecule has 1 fully saturated rings. The van der Waals surface area contributed by atoms with Crippen LogP contribution in [0.25, 0.3) is 0 Å². The zero-order valence-corrected chi connectivity index (χ0v) is 13.0. The Labute approximate surface area is 129 Å². The van der Waals surface area contributed by atoms with Crippen molar-refractivity contribution in [2.24, 2.45) is 5.41 Å². The van der Waals surface area contributed by atoms with Gasteiger partial charge in [-0.15, -0.1) is 0 Å². The molecule has 6 heteroatoms. The van der Waals surface area contributed by atoms with Gasteiger partial charge in [-0.3, -0.25) is 4.79 Å². The first-order chi connectivity index (χ1) is 10.4. The van der Waals surface area contributed by atoms with Crippen LogP contribution in [-0.4, -0.2) is 37.0 Å². The molecule has 0 radical (unpaired) electrons. The smallest absolute Gasteiger partial charge is 0.317 e. The van der Waals surface area contributed by atoms with Gasteiger partial charge in [0.15, 0.2) is 0 Å². The minimum Gasteiger partial charge on any atom is -0.351 e. The molecule has 1 aromatic rings. The first-order valence-corrected chi connectivity index (χ1v) is 7.44. The fourth-order valence-electron chi connectivity index (χ4n) is 2.75. The van der Waals surface area contributed by atoms with Gasteiger partial charge in [-0.05, 0) is 37.5 Å². The molecule has 2 N–H and O–H groups in total. The Kier molecular flexibility index (Phi) is 5.00. The van der Waals surface area contributed by atoms with Crippen molar-refractivity contribution in [3.05, 3.63) is 35.6 Å². The summed E-state index contributed by atoms with van der Waals surface area (Å²) >= 11 is 0. The Bertz CT molecular complexity index is 547. The summed E-state index contributed by atoms with van der Waals surface area (Å²) in [7, 11) is 1.59. The summed E-state index contributed by atoms with van der Waals surface area (Å²) in [5, 5.41) is 5.48. The number of benzene rings is 1. The van der Waals surface area contributed by atoms with Gasteiger partial charge in [-0.2, -0.15) is 0 Å². The second-order valence-electron chi connectivity index (χ2n) is 5.95. The molecule has 0 bridgehead atoms. The Hall–Kier alpha value is -2.11. The van der Waals surface area contributed by atoms with Crippen LogP contribution in [0.3, 0.4) is 0 Å². The van der Waals surface area contributed by atoms with Crippen LogP contribution in [0.15, 0.2) is 24.3 Å². The number of nitrogens with one attached hydrogen (secondary N) is 2. The van der Waals surface area contributed by atoms with Crippen molar-refractivity contribution in [1.29, 1.82) is 0 Å². The van der Waals surface area contributed by atoms with E-state index in [2.05, 4.69) is 10.6 Å². The lowest BCUT2D eigenvalue weighted by molar-refractivity contribution is -0.132. The van der Waals surface area contributed by atoms with Gasteiger partial charge in [0.2, 0.25) is 5.91 Å². The van der Waals surface area contributed by atoms with Gasteiger partial charge in [0.05, 0.1) is 5.41 Å². The minimum absolute atomic E-state index is 0.0783. The third kappa shape index (κ3) is 3.75. The summed E-state index contributed by atoms with van der Waals surface area (Å²) in [6.07, 6.45) is 1.55. The van der Waals surface area contributed by atoms with Crippen molar-refractivity contribution in [3.8, 4) is 0 Å². The molecule has 0 spiro atoms. The van der Waals surface area contributed by atoms with Crippen LogP contribution >= 0.6 is 0 Å². The van der Waals surface area contributed by atoms with Crippen LogP contribution in [0.2, 0.25) is 0 Å². The number of carbonyl (C=O) groups is 2. The zero-order valence-electron chi connectivity index (χ0n) is 13.0. The molecule has 1 atom stereocenters. The summed E-state index contributed by atoms with van der Waals surface area (Å²) < 4.78 is 12.9. The quantitative estimate of drug-likeness (QED) is 0.896. The van der Waals surface area contributed by atoms with E-state index in [0.717, 1.165) is 18.4 Å². The Morgan fingerprint density at radius 1 is 1.32 bits per heavy atom. The van der Waals surface area contributed by atoms with Crippen LogP contribution in [0.1, 0.15) is 25.3 Å². The number of likely N-dealkylation sites (tertiary alicyclic amines) is 1. The number of hydrogen-bond donors (Lipinski definition) is 2. The van der Waals surface area contributed by atoms with Gasteiger partial charge in [0.25, 0.3) is 0 Å². The summed E-state index contributed by atoms with van der Waals surface area (Å²) in [6, 6.07) is 5.89. The molecule has 0 aliphatic carbocycles. The Balaban J connectivity index is 1.95. The standard InChI is InChI=1S/C16H22FN3O2/c1-16(8-3-9-20(11-16)15(22)18-2)14(21)19-10-12-4-6-13(17)7-5-12/h4-7H,3,8-11H2,1-2H3,(H,18,22)(H,19,21). The average molecular weight is 307 g/mol. The fourth-order valence-corrected chi connectivity index (χ4v) is 2.75. The molecule has 22 heavy (non-hydrogen) atoms.